The Morgan fingerprint density at radius 2 is 1.95 bits per heavy atom. The Kier molecular flexibility index (Phi) is 3.79. The molecule has 0 aliphatic rings. The Labute approximate surface area is 112 Å². The minimum absolute atomic E-state index is 0.0456. The highest BCUT2D eigenvalue weighted by atomic mass is 19.1. The second kappa shape index (κ2) is 5.34. The quantitative estimate of drug-likeness (QED) is 0.847. The fourth-order valence-corrected chi connectivity index (χ4v) is 2.02. The van der Waals surface area contributed by atoms with E-state index in [1.807, 2.05) is 20.8 Å². The van der Waals surface area contributed by atoms with Crippen LogP contribution in [0.3, 0.4) is 0 Å². The fraction of sp³-hybridized carbons (Fsp3) is 0.333. The van der Waals surface area contributed by atoms with Crippen molar-refractivity contribution in [1.29, 1.82) is 0 Å². The van der Waals surface area contributed by atoms with Gasteiger partial charge >= 0.3 is 0 Å². The van der Waals surface area contributed by atoms with Gasteiger partial charge < -0.3 is 0 Å². The molecule has 0 atom stereocenters. The molecular formula is C15H17FN2O. The van der Waals surface area contributed by atoms with Gasteiger partial charge in [-0.05, 0) is 38.0 Å². The molecule has 0 spiro atoms. The molecule has 0 aliphatic heterocycles. The highest BCUT2D eigenvalue weighted by Gasteiger charge is 2.12. The summed E-state index contributed by atoms with van der Waals surface area (Å²) in [5, 5.41) is 4.32. The van der Waals surface area contributed by atoms with Crippen LogP contribution in [0.4, 0.5) is 4.39 Å². The number of halogens is 1. The molecule has 0 bridgehead atoms. The van der Waals surface area contributed by atoms with Gasteiger partial charge in [0.15, 0.2) is 5.78 Å². The van der Waals surface area contributed by atoms with Crippen molar-refractivity contribution in [3.63, 3.8) is 0 Å². The van der Waals surface area contributed by atoms with Crippen molar-refractivity contribution in [1.82, 2.24) is 9.78 Å². The summed E-state index contributed by atoms with van der Waals surface area (Å²) in [7, 11) is 0. The SMILES string of the molecule is Cc1nn(CC(=O)Cc2ccccc2F)c(C)c1C. The Bertz CT molecular complexity index is 617. The Morgan fingerprint density at radius 1 is 1.26 bits per heavy atom. The average molecular weight is 260 g/mol. The lowest BCUT2D eigenvalue weighted by Crippen LogP contribution is -2.15. The maximum Gasteiger partial charge on any atom is 0.158 e. The van der Waals surface area contributed by atoms with Crippen LogP contribution in [-0.2, 0) is 17.8 Å². The van der Waals surface area contributed by atoms with Gasteiger partial charge in [0.2, 0.25) is 0 Å². The molecule has 2 rings (SSSR count). The van der Waals surface area contributed by atoms with E-state index >= 15 is 0 Å². The molecule has 1 aromatic heterocycles. The fourth-order valence-electron chi connectivity index (χ4n) is 2.02. The third-order valence-electron chi connectivity index (χ3n) is 3.41. The van der Waals surface area contributed by atoms with E-state index in [1.165, 1.54) is 6.07 Å². The first-order chi connectivity index (χ1) is 8.99. The molecule has 0 aliphatic carbocycles. The molecule has 2 aromatic rings. The summed E-state index contributed by atoms with van der Waals surface area (Å²) in [4.78, 5) is 12.0. The Hall–Kier alpha value is -1.97. The second-order valence-corrected chi connectivity index (χ2v) is 4.76. The zero-order valence-electron chi connectivity index (χ0n) is 11.4. The number of benzene rings is 1. The number of rotatable bonds is 4. The highest BCUT2D eigenvalue weighted by molar-refractivity contribution is 5.80. The molecule has 0 fully saturated rings. The van der Waals surface area contributed by atoms with Crippen molar-refractivity contribution < 1.29 is 9.18 Å². The number of aromatic nitrogens is 2. The van der Waals surface area contributed by atoms with Gasteiger partial charge in [-0.3, -0.25) is 9.48 Å². The predicted octanol–water partition coefficient (Wildman–Crippen LogP) is 2.76. The number of hydrogen-bond donors (Lipinski definition) is 0. The van der Waals surface area contributed by atoms with E-state index < -0.39 is 0 Å². The van der Waals surface area contributed by atoms with Crippen LogP contribution < -0.4 is 0 Å². The first-order valence-corrected chi connectivity index (χ1v) is 6.24. The molecule has 19 heavy (non-hydrogen) atoms. The summed E-state index contributed by atoms with van der Waals surface area (Å²) in [6.07, 6.45) is 0.101. The zero-order valence-corrected chi connectivity index (χ0v) is 11.4. The molecule has 1 heterocycles. The first kappa shape index (κ1) is 13.5. The van der Waals surface area contributed by atoms with Gasteiger partial charge in [-0.15, -0.1) is 0 Å². The molecule has 0 saturated heterocycles. The molecule has 1 aromatic carbocycles. The lowest BCUT2D eigenvalue weighted by atomic mass is 10.1. The average Bonchev–Trinajstić information content (AvgIpc) is 2.60. The molecule has 0 unspecified atom stereocenters. The summed E-state index contributed by atoms with van der Waals surface area (Å²) in [6.45, 7) is 6.02. The van der Waals surface area contributed by atoms with E-state index in [0.717, 1.165) is 17.0 Å². The number of ketones is 1. The lowest BCUT2D eigenvalue weighted by molar-refractivity contribution is -0.119. The van der Waals surface area contributed by atoms with E-state index in [2.05, 4.69) is 5.10 Å². The van der Waals surface area contributed by atoms with Crippen LogP contribution in [0.5, 0.6) is 0 Å². The van der Waals surface area contributed by atoms with Crippen molar-refractivity contribution in [3.05, 3.63) is 52.6 Å². The normalized spacial score (nSPS) is 10.7. The number of Topliss-reactive ketones (excluding diaryl/α,β-unsaturated/α-hetero) is 1. The largest absolute Gasteiger partial charge is 0.297 e. The molecule has 0 saturated carbocycles. The van der Waals surface area contributed by atoms with Gasteiger partial charge in [-0.1, -0.05) is 18.2 Å². The van der Waals surface area contributed by atoms with E-state index in [1.54, 1.807) is 22.9 Å². The second-order valence-electron chi connectivity index (χ2n) is 4.76. The molecule has 0 radical (unpaired) electrons. The smallest absolute Gasteiger partial charge is 0.158 e. The first-order valence-electron chi connectivity index (χ1n) is 6.24. The van der Waals surface area contributed by atoms with Gasteiger partial charge in [0.05, 0.1) is 5.69 Å². The van der Waals surface area contributed by atoms with Gasteiger partial charge in [0.25, 0.3) is 0 Å². The van der Waals surface area contributed by atoms with Gasteiger partial charge in [0, 0.05) is 12.1 Å². The van der Waals surface area contributed by atoms with Gasteiger partial charge in [0.1, 0.15) is 12.4 Å². The summed E-state index contributed by atoms with van der Waals surface area (Å²) >= 11 is 0. The zero-order chi connectivity index (χ0) is 14.0. The maximum absolute atomic E-state index is 13.5. The number of carbonyl (C=O) groups excluding carboxylic acids is 1. The van der Waals surface area contributed by atoms with E-state index in [9.17, 15) is 9.18 Å². The summed E-state index contributed by atoms with van der Waals surface area (Å²) in [5.41, 5.74) is 3.44. The van der Waals surface area contributed by atoms with E-state index in [-0.39, 0.29) is 24.6 Å². The summed E-state index contributed by atoms with van der Waals surface area (Å²) in [6, 6.07) is 6.36. The number of nitrogens with zero attached hydrogens (tertiary/aromatic N) is 2. The molecule has 3 nitrogen and oxygen atoms in total. The predicted molar refractivity (Wildman–Crippen MR) is 71.5 cm³/mol. The summed E-state index contributed by atoms with van der Waals surface area (Å²) < 4.78 is 15.1. The minimum Gasteiger partial charge on any atom is -0.297 e. The molecule has 0 amide bonds. The van der Waals surface area contributed by atoms with Crippen LogP contribution in [0.15, 0.2) is 24.3 Å². The van der Waals surface area contributed by atoms with Gasteiger partial charge in [-0.25, -0.2) is 4.39 Å². The van der Waals surface area contributed by atoms with Crippen molar-refractivity contribution in [2.24, 2.45) is 0 Å². The van der Waals surface area contributed by atoms with Crippen molar-refractivity contribution >= 4 is 5.78 Å². The Morgan fingerprint density at radius 3 is 2.53 bits per heavy atom. The number of carbonyl (C=O) groups is 1. The lowest BCUT2D eigenvalue weighted by Gasteiger charge is -2.05. The Balaban J connectivity index is 2.10. The van der Waals surface area contributed by atoms with Crippen molar-refractivity contribution in [2.45, 2.75) is 33.7 Å². The topological polar surface area (TPSA) is 34.9 Å². The number of hydrogen-bond acceptors (Lipinski definition) is 2. The van der Waals surface area contributed by atoms with Crippen LogP contribution in [0.2, 0.25) is 0 Å². The number of aryl methyl sites for hydroxylation is 1. The molecule has 4 heteroatoms. The molecule has 100 valence electrons. The van der Waals surface area contributed by atoms with Gasteiger partial charge in [-0.2, -0.15) is 5.10 Å². The molecular weight excluding hydrogens is 243 g/mol. The van der Waals surface area contributed by atoms with E-state index in [0.29, 0.717) is 5.56 Å². The van der Waals surface area contributed by atoms with Crippen molar-refractivity contribution in [2.75, 3.05) is 0 Å². The maximum atomic E-state index is 13.5. The minimum atomic E-state index is -0.333. The highest BCUT2D eigenvalue weighted by Crippen LogP contribution is 2.12. The van der Waals surface area contributed by atoms with Crippen molar-refractivity contribution in [3.8, 4) is 0 Å². The van der Waals surface area contributed by atoms with E-state index in [4.69, 9.17) is 0 Å². The standard InChI is InChI=1S/C15H17FN2O/c1-10-11(2)17-18(12(10)3)9-14(19)8-13-6-4-5-7-15(13)16/h4-7H,8-9H2,1-3H3. The van der Waals surface area contributed by atoms with Crippen LogP contribution in [0, 0.1) is 26.6 Å². The van der Waals surface area contributed by atoms with Crippen LogP contribution in [0.1, 0.15) is 22.5 Å². The third kappa shape index (κ3) is 2.89. The van der Waals surface area contributed by atoms with Crippen LogP contribution in [-0.4, -0.2) is 15.6 Å². The van der Waals surface area contributed by atoms with Crippen LogP contribution in [0.25, 0.3) is 0 Å². The summed E-state index contributed by atoms with van der Waals surface area (Å²) in [5.74, 6) is -0.379. The molecule has 0 N–H and O–H groups in total. The monoisotopic (exact) mass is 260 g/mol. The third-order valence-corrected chi connectivity index (χ3v) is 3.41. The van der Waals surface area contributed by atoms with Crippen LogP contribution >= 0.6 is 0 Å².